The lowest BCUT2D eigenvalue weighted by atomic mass is 9.98. The van der Waals surface area contributed by atoms with E-state index >= 15 is 0 Å². The normalized spacial score (nSPS) is 13.2. The summed E-state index contributed by atoms with van der Waals surface area (Å²) in [7, 11) is 0. The highest BCUT2D eigenvalue weighted by molar-refractivity contribution is 5.77. The number of hydrogen-bond acceptors (Lipinski definition) is 2. The minimum atomic E-state index is 0.207. The van der Waals surface area contributed by atoms with Gasteiger partial charge in [-0.1, -0.05) is 58.0 Å². The van der Waals surface area contributed by atoms with Crippen LogP contribution in [-0.2, 0) is 0 Å². The second-order valence-electron chi connectivity index (χ2n) is 6.40. The highest BCUT2D eigenvalue weighted by Gasteiger charge is 2.22. The number of amidine groups is 1. The van der Waals surface area contributed by atoms with Crippen molar-refractivity contribution in [1.29, 1.82) is 5.41 Å². The fourth-order valence-corrected chi connectivity index (χ4v) is 2.61. The van der Waals surface area contributed by atoms with Crippen LogP contribution in [0.3, 0.4) is 0 Å². The Balaban J connectivity index is 3.00. The van der Waals surface area contributed by atoms with Crippen molar-refractivity contribution in [2.24, 2.45) is 17.6 Å². The molecule has 1 atom stereocenters. The van der Waals surface area contributed by atoms with Gasteiger partial charge in [-0.15, -0.1) is 0 Å². The van der Waals surface area contributed by atoms with Gasteiger partial charge in [-0.05, 0) is 17.4 Å². The Morgan fingerprint density at radius 2 is 1.55 bits per heavy atom. The number of nitrogens with two attached hydrogens (primary N) is 1. The van der Waals surface area contributed by atoms with Gasteiger partial charge in [-0.2, -0.15) is 0 Å². The molecule has 1 unspecified atom stereocenters. The lowest BCUT2D eigenvalue weighted by Crippen LogP contribution is -2.37. The molecule has 1 rings (SSSR count). The summed E-state index contributed by atoms with van der Waals surface area (Å²) >= 11 is 0. The van der Waals surface area contributed by atoms with Crippen LogP contribution in [0.4, 0.5) is 0 Å². The minimum Gasteiger partial charge on any atom is -0.388 e. The molecule has 1 aromatic rings. The number of rotatable bonds is 8. The molecule has 0 radical (unpaired) electrons. The summed E-state index contributed by atoms with van der Waals surface area (Å²) in [6.45, 7) is 11.0. The Morgan fingerprint density at radius 1 is 1.05 bits per heavy atom. The predicted molar refractivity (Wildman–Crippen MR) is 87.0 cm³/mol. The predicted octanol–water partition coefficient (Wildman–Crippen LogP) is 3.67. The molecule has 3 heteroatoms. The van der Waals surface area contributed by atoms with E-state index < -0.39 is 0 Å². The highest BCUT2D eigenvalue weighted by atomic mass is 15.2. The first-order valence-corrected chi connectivity index (χ1v) is 7.52. The van der Waals surface area contributed by atoms with Crippen LogP contribution in [0.1, 0.15) is 45.7 Å². The van der Waals surface area contributed by atoms with Crippen molar-refractivity contribution in [2.45, 2.75) is 40.2 Å². The highest BCUT2D eigenvalue weighted by Crippen LogP contribution is 2.26. The SMILES string of the molecule is CC(C)CN(CC(C)C)C(CC(=N)N)c1ccccc1. The molecule has 0 fully saturated rings. The molecule has 0 bridgehead atoms. The molecule has 0 aliphatic rings. The second-order valence-corrected chi connectivity index (χ2v) is 6.40. The first-order valence-electron chi connectivity index (χ1n) is 7.52. The van der Waals surface area contributed by atoms with E-state index in [-0.39, 0.29) is 11.9 Å². The fourth-order valence-electron chi connectivity index (χ4n) is 2.61. The van der Waals surface area contributed by atoms with Crippen molar-refractivity contribution in [1.82, 2.24) is 4.90 Å². The molecule has 0 spiro atoms. The first kappa shape index (κ1) is 16.7. The van der Waals surface area contributed by atoms with Gasteiger partial charge in [0.25, 0.3) is 0 Å². The summed E-state index contributed by atoms with van der Waals surface area (Å²) in [5.74, 6) is 1.47. The smallest absolute Gasteiger partial charge is 0.0924 e. The summed E-state index contributed by atoms with van der Waals surface area (Å²) in [6.07, 6.45) is 0.601. The van der Waals surface area contributed by atoms with Crippen molar-refractivity contribution in [2.75, 3.05) is 13.1 Å². The van der Waals surface area contributed by atoms with E-state index in [1.165, 1.54) is 5.56 Å². The van der Waals surface area contributed by atoms with Gasteiger partial charge in [0.2, 0.25) is 0 Å². The van der Waals surface area contributed by atoms with E-state index in [1.54, 1.807) is 0 Å². The van der Waals surface area contributed by atoms with Crippen LogP contribution in [0.25, 0.3) is 0 Å². The zero-order valence-electron chi connectivity index (χ0n) is 13.3. The van der Waals surface area contributed by atoms with Crippen molar-refractivity contribution in [3.05, 3.63) is 35.9 Å². The molecular weight excluding hydrogens is 246 g/mol. The molecule has 0 aromatic heterocycles. The van der Waals surface area contributed by atoms with Crippen LogP contribution >= 0.6 is 0 Å². The van der Waals surface area contributed by atoms with Crippen LogP contribution in [-0.4, -0.2) is 23.8 Å². The number of benzene rings is 1. The first-order chi connectivity index (χ1) is 9.40. The summed E-state index contributed by atoms with van der Waals surface area (Å²) < 4.78 is 0. The van der Waals surface area contributed by atoms with Crippen molar-refractivity contribution >= 4 is 5.84 Å². The average molecular weight is 275 g/mol. The zero-order valence-corrected chi connectivity index (χ0v) is 13.3. The molecule has 112 valence electrons. The molecule has 1 aromatic carbocycles. The van der Waals surface area contributed by atoms with Gasteiger partial charge >= 0.3 is 0 Å². The van der Waals surface area contributed by atoms with E-state index in [2.05, 4.69) is 56.9 Å². The van der Waals surface area contributed by atoms with Crippen LogP contribution < -0.4 is 5.73 Å². The Hall–Kier alpha value is -1.35. The van der Waals surface area contributed by atoms with Gasteiger partial charge in [-0.3, -0.25) is 10.3 Å². The fraction of sp³-hybridized carbons (Fsp3) is 0.588. The van der Waals surface area contributed by atoms with Crippen LogP contribution in [0.5, 0.6) is 0 Å². The van der Waals surface area contributed by atoms with Crippen molar-refractivity contribution < 1.29 is 0 Å². The minimum absolute atomic E-state index is 0.207. The molecular formula is C17H29N3. The average Bonchev–Trinajstić information content (AvgIpc) is 2.35. The third-order valence-corrected chi connectivity index (χ3v) is 3.24. The van der Waals surface area contributed by atoms with Gasteiger partial charge < -0.3 is 5.73 Å². The third-order valence-electron chi connectivity index (χ3n) is 3.24. The third kappa shape index (κ3) is 5.74. The zero-order chi connectivity index (χ0) is 15.1. The summed E-state index contributed by atoms with van der Waals surface area (Å²) in [5, 5.41) is 7.68. The molecule has 3 N–H and O–H groups in total. The number of nitrogens with zero attached hydrogens (tertiary/aromatic N) is 1. The van der Waals surface area contributed by atoms with E-state index in [0.717, 1.165) is 13.1 Å². The quantitative estimate of drug-likeness (QED) is 0.562. The van der Waals surface area contributed by atoms with Crippen LogP contribution in [0.15, 0.2) is 30.3 Å². The second kappa shape index (κ2) is 8.05. The van der Waals surface area contributed by atoms with Gasteiger partial charge in [-0.25, -0.2) is 0 Å². The van der Waals surface area contributed by atoms with Gasteiger partial charge in [0.05, 0.1) is 5.84 Å². The summed E-state index contributed by atoms with van der Waals surface area (Å²) in [4.78, 5) is 2.48. The van der Waals surface area contributed by atoms with E-state index in [4.69, 9.17) is 11.1 Å². The molecule has 20 heavy (non-hydrogen) atoms. The van der Waals surface area contributed by atoms with Gasteiger partial charge in [0, 0.05) is 25.6 Å². The Morgan fingerprint density at radius 3 is 1.95 bits per heavy atom. The van der Waals surface area contributed by atoms with E-state index in [9.17, 15) is 0 Å². The van der Waals surface area contributed by atoms with Gasteiger partial charge in [0.15, 0.2) is 0 Å². The monoisotopic (exact) mass is 275 g/mol. The Kier molecular flexibility index (Phi) is 6.73. The van der Waals surface area contributed by atoms with Crippen LogP contribution in [0, 0.1) is 17.2 Å². The maximum absolute atomic E-state index is 7.68. The maximum atomic E-state index is 7.68. The van der Waals surface area contributed by atoms with Crippen molar-refractivity contribution in [3.63, 3.8) is 0 Å². The Bertz CT molecular complexity index is 388. The molecule has 0 aliphatic carbocycles. The lowest BCUT2D eigenvalue weighted by molar-refractivity contribution is 0.159. The Labute approximate surface area is 123 Å². The lowest BCUT2D eigenvalue weighted by Gasteiger charge is -2.34. The topological polar surface area (TPSA) is 53.1 Å². The largest absolute Gasteiger partial charge is 0.388 e. The molecule has 0 saturated heterocycles. The van der Waals surface area contributed by atoms with E-state index in [0.29, 0.717) is 18.3 Å². The molecule has 0 aliphatic heterocycles. The standard InChI is InChI=1S/C17H29N3/c1-13(2)11-20(12-14(3)4)16(10-17(18)19)15-8-6-5-7-9-15/h5-9,13-14,16H,10-12H2,1-4H3,(H3,18,19). The van der Waals surface area contributed by atoms with Crippen molar-refractivity contribution in [3.8, 4) is 0 Å². The number of hydrogen-bond donors (Lipinski definition) is 2. The van der Waals surface area contributed by atoms with Crippen LogP contribution in [0.2, 0.25) is 0 Å². The number of nitrogens with one attached hydrogen (secondary N) is 1. The summed E-state index contributed by atoms with van der Waals surface area (Å²) in [6, 6.07) is 10.6. The van der Waals surface area contributed by atoms with E-state index in [1.807, 2.05) is 6.07 Å². The van der Waals surface area contributed by atoms with Gasteiger partial charge in [0.1, 0.15) is 0 Å². The molecule has 3 nitrogen and oxygen atoms in total. The molecule has 0 saturated carbocycles. The molecule has 0 heterocycles. The summed E-state index contributed by atoms with van der Waals surface area (Å²) in [5.41, 5.74) is 6.94. The molecule has 0 amide bonds. The maximum Gasteiger partial charge on any atom is 0.0924 e.